The number of esters is 1. The SMILES string of the molecule is CCCCCCCCCCCCCCCCCCCCC(O)C(CO)NC(=O)CCCCCCCCCCCCCCCOC(=O)CCCCCCCCCCCCCCCC. The van der Waals surface area contributed by atoms with E-state index in [-0.39, 0.29) is 18.5 Å². The van der Waals surface area contributed by atoms with Crippen molar-refractivity contribution in [3.8, 4) is 0 Å². The second kappa shape index (κ2) is 52.5. The monoisotopic (exact) mass is 878 g/mol. The van der Waals surface area contributed by atoms with Crippen LogP contribution >= 0.6 is 0 Å². The third kappa shape index (κ3) is 48.3. The topological polar surface area (TPSA) is 95.9 Å². The highest BCUT2D eigenvalue weighted by molar-refractivity contribution is 5.76. The Labute approximate surface area is 387 Å². The molecule has 2 atom stereocenters. The lowest BCUT2D eigenvalue weighted by Gasteiger charge is -2.22. The molecule has 0 aliphatic rings. The van der Waals surface area contributed by atoms with Crippen LogP contribution in [0, 0.1) is 0 Å². The molecular weight excluding hydrogens is 767 g/mol. The van der Waals surface area contributed by atoms with Crippen molar-refractivity contribution in [1.82, 2.24) is 5.32 Å². The first-order chi connectivity index (χ1) is 30.5. The lowest BCUT2D eigenvalue weighted by Crippen LogP contribution is -2.45. The smallest absolute Gasteiger partial charge is 0.305 e. The van der Waals surface area contributed by atoms with E-state index in [1.165, 1.54) is 238 Å². The summed E-state index contributed by atoms with van der Waals surface area (Å²) in [6.07, 6.45) is 59.4. The summed E-state index contributed by atoms with van der Waals surface area (Å²) < 4.78 is 5.47. The maximum atomic E-state index is 12.5. The van der Waals surface area contributed by atoms with Crippen molar-refractivity contribution in [2.24, 2.45) is 0 Å². The molecule has 370 valence electrons. The highest BCUT2D eigenvalue weighted by atomic mass is 16.5. The molecule has 3 N–H and O–H groups in total. The predicted molar refractivity (Wildman–Crippen MR) is 269 cm³/mol. The molecule has 0 saturated heterocycles. The van der Waals surface area contributed by atoms with E-state index in [1.54, 1.807) is 0 Å². The second-order valence-electron chi connectivity index (χ2n) is 19.6. The molecule has 6 nitrogen and oxygen atoms in total. The number of unbranched alkanes of at least 4 members (excludes halogenated alkanes) is 42. The van der Waals surface area contributed by atoms with Crippen LogP contribution in [-0.4, -0.2) is 47.4 Å². The summed E-state index contributed by atoms with van der Waals surface area (Å²) in [4.78, 5) is 24.5. The Morgan fingerprint density at radius 1 is 0.387 bits per heavy atom. The van der Waals surface area contributed by atoms with Crippen LogP contribution in [0.3, 0.4) is 0 Å². The van der Waals surface area contributed by atoms with Gasteiger partial charge in [-0.1, -0.05) is 284 Å². The van der Waals surface area contributed by atoms with Gasteiger partial charge >= 0.3 is 5.97 Å². The van der Waals surface area contributed by atoms with Crippen LogP contribution in [0.4, 0.5) is 0 Å². The van der Waals surface area contributed by atoms with Crippen LogP contribution in [0.15, 0.2) is 0 Å². The van der Waals surface area contributed by atoms with E-state index in [2.05, 4.69) is 19.2 Å². The summed E-state index contributed by atoms with van der Waals surface area (Å²) >= 11 is 0. The molecule has 0 heterocycles. The Bertz CT molecular complexity index is 882. The molecule has 0 spiro atoms. The number of aliphatic hydroxyl groups excluding tert-OH is 2. The third-order valence-corrected chi connectivity index (χ3v) is 13.4. The van der Waals surface area contributed by atoms with Gasteiger partial charge in [0.2, 0.25) is 5.91 Å². The zero-order valence-corrected chi connectivity index (χ0v) is 42.1. The zero-order chi connectivity index (χ0) is 45.1. The van der Waals surface area contributed by atoms with Crippen LogP contribution in [0.2, 0.25) is 0 Å². The molecule has 0 rings (SSSR count). The Morgan fingerprint density at radius 2 is 0.661 bits per heavy atom. The standard InChI is InChI=1S/C56H111NO5/c1-3-5-7-9-11-13-15-17-19-20-21-22-24-28-32-36-40-44-48-54(59)53(52-58)57-55(60)49-45-41-37-33-29-25-23-27-31-35-39-43-47-51-62-56(61)50-46-42-38-34-30-26-18-16-14-12-10-8-6-4-2/h53-54,58-59H,3-52H2,1-2H3,(H,57,60). The molecule has 62 heavy (non-hydrogen) atoms. The van der Waals surface area contributed by atoms with E-state index in [1.807, 2.05) is 0 Å². The van der Waals surface area contributed by atoms with E-state index in [0.29, 0.717) is 25.9 Å². The number of hydrogen-bond acceptors (Lipinski definition) is 5. The average molecular weight is 879 g/mol. The number of hydrogen-bond donors (Lipinski definition) is 3. The van der Waals surface area contributed by atoms with Crippen molar-refractivity contribution in [2.75, 3.05) is 13.2 Å². The second-order valence-corrected chi connectivity index (χ2v) is 19.6. The average Bonchev–Trinajstić information content (AvgIpc) is 3.27. The molecule has 2 unspecified atom stereocenters. The van der Waals surface area contributed by atoms with Gasteiger partial charge < -0.3 is 20.3 Å². The van der Waals surface area contributed by atoms with Crippen molar-refractivity contribution in [3.05, 3.63) is 0 Å². The Hall–Kier alpha value is -1.14. The molecule has 0 aliphatic heterocycles. The van der Waals surface area contributed by atoms with Crippen LogP contribution in [-0.2, 0) is 14.3 Å². The summed E-state index contributed by atoms with van der Waals surface area (Å²) in [5.74, 6) is -0.0462. The fourth-order valence-corrected chi connectivity index (χ4v) is 9.05. The molecule has 0 aromatic carbocycles. The number of amides is 1. The van der Waals surface area contributed by atoms with E-state index < -0.39 is 12.1 Å². The lowest BCUT2D eigenvalue weighted by atomic mass is 10.0. The van der Waals surface area contributed by atoms with Crippen LogP contribution in [0.25, 0.3) is 0 Å². The fourth-order valence-electron chi connectivity index (χ4n) is 9.05. The number of ether oxygens (including phenoxy) is 1. The highest BCUT2D eigenvalue weighted by Crippen LogP contribution is 2.18. The van der Waals surface area contributed by atoms with E-state index in [0.717, 1.165) is 51.4 Å². The minimum atomic E-state index is -0.671. The summed E-state index contributed by atoms with van der Waals surface area (Å²) in [5.41, 5.74) is 0. The third-order valence-electron chi connectivity index (χ3n) is 13.4. The van der Waals surface area contributed by atoms with Gasteiger partial charge in [0.1, 0.15) is 0 Å². The summed E-state index contributed by atoms with van der Waals surface area (Å²) in [5, 5.41) is 23.3. The van der Waals surface area contributed by atoms with Gasteiger partial charge in [-0.25, -0.2) is 0 Å². The van der Waals surface area contributed by atoms with Gasteiger partial charge in [-0.15, -0.1) is 0 Å². The van der Waals surface area contributed by atoms with Gasteiger partial charge in [0.25, 0.3) is 0 Å². The van der Waals surface area contributed by atoms with Crippen molar-refractivity contribution >= 4 is 11.9 Å². The van der Waals surface area contributed by atoms with Gasteiger partial charge in [0.05, 0.1) is 25.4 Å². The van der Waals surface area contributed by atoms with Gasteiger partial charge in [0.15, 0.2) is 0 Å². The van der Waals surface area contributed by atoms with E-state index in [4.69, 9.17) is 4.74 Å². The normalized spacial score (nSPS) is 12.5. The summed E-state index contributed by atoms with van der Waals surface area (Å²) in [6.45, 7) is 4.95. The number of aliphatic hydroxyl groups is 2. The predicted octanol–water partition coefficient (Wildman–Crippen LogP) is 17.1. The Morgan fingerprint density at radius 3 is 0.984 bits per heavy atom. The molecule has 0 saturated carbocycles. The molecule has 0 aliphatic carbocycles. The molecule has 0 radical (unpaired) electrons. The van der Waals surface area contributed by atoms with E-state index in [9.17, 15) is 19.8 Å². The number of carbonyl (C=O) groups is 2. The Kier molecular flexibility index (Phi) is 51.5. The summed E-state index contributed by atoms with van der Waals surface area (Å²) in [6, 6.07) is -0.550. The molecule has 1 amide bonds. The van der Waals surface area contributed by atoms with Gasteiger partial charge in [-0.05, 0) is 25.7 Å². The molecule has 0 bridgehead atoms. The highest BCUT2D eigenvalue weighted by Gasteiger charge is 2.20. The molecule has 6 heteroatoms. The van der Waals surface area contributed by atoms with Gasteiger partial charge in [-0.3, -0.25) is 9.59 Å². The first kappa shape index (κ1) is 60.9. The molecular formula is C56H111NO5. The van der Waals surface area contributed by atoms with Crippen LogP contribution in [0.1, 0.15) is 322 Å². The maximum Gasteiger partial charge on any atom is 0.305 e. The lowest BCUT2D eigenvalue weighted by molar-refractivity contribution is -0.143. The minimum absolute atomic E-state index is 0.00205. The molecule has 0 aromatic rings. The van der Waals surface area contributed by atoms with Crippen LogP contribution < -0.4 is 5.32 Å². The minimum Gasteiger partial charge on any atom is -0.466 e. The maximum absolute atomic E-state index is 12.5. The largest absolute Gasteiger partial charge is 0.466 e. The molecule has 0 fully saturated rings. The van der Waals surface area contributed by atoms with Crippen LogP contribution in [0.5, 0.6) is 0 Å². The van der Waals surface area contributed by atoms with Crippen molar-refractivity contribution in [2.45, 2.75) is 334 Å². The fraction of sp³-hybridized carbons (Fsp3) is 0.964. The quantitative estimate of drug-likeness (QED) is 0.0418. The van der Waals surface area contributed by atoms with E-state index >= 15 is 0 Å². The van der Waals surface area contributed by atoms with Crippen molar-refractivity contribution in [3.63, 3.8) is 0 Å². The number of nitrogens with one attached hydrogen (secondary N) is 1. The van der Waals surface area contributed by atoms with Gasteiger partial charge in [0, 0.05) is 12.8 Å². The molecule has 0 aromatic heterocycles. The van der Waals surface area contributed by atoms with Gasteiger partial charge in [-0.2, -0.15) is 0 Å². The van der Waals surface area contributed by atoms with Crippen molar-refractivity contribution < 1.29 is 24.5 Å². The summed E-state index contributed by atoms with van der Waals surface area (Å²) in [7, 11) is 0. The zero-order valence-electron chi connectivity index (χ0n) is 42.1. The van der Waals surface area contributed by atoms with Crippen molar-refractivity contribution in [1.29, 1.82) is 0 Å². The number of rotatable bonds is 53. The first-order valence-corrected chi connectivity index (χ1v) is 28.3. The first-order valence-electron chi connectivity index (χ1n) is 28.3. The number of carbonyl (C=O) groups excluding carboxylic acids is 2. The Balaban J connectivity index is 3.43.